The van der Waals surface area contributed by atoms with Gasteiger partial charge >= 0.3 is 12.8 Å². The number of nitrogens with one attached hydrogen (secondary N) is 1. The maximum absolute atomic E-state index is 12.9. The van der Waals surface area contributed by atoms with Gasteiger partial charge in [-0.2, -0.15) is 27.1 Å². The Labute approximate surface area is 139 Å². The van der Waals surface area contributed by atoms with Crippen LogP contribution in [0.2, 0.25) is 0 Å². The van der Waals surface area contributed by atoms with Gasteiger partial charge in [0, 0.05) is 0 Å². The van der Waals surface area contributed by atoms with Crippen LogP contribution in [0.4, 0.5) is 27.6 Å². The SMILES string of the molecule is COc1cc(C=NNc2ccccc2C(F)(F)F)ccc1OC(F)F. The lowest BCUT2D eigenvalue weighted by atomic mass is 10.2. The van der Waals surface area contributed by atoms with Crippen molar-refractivity contribution in [3.8, 4) is 11.5 Å². The monoisotopic (exact) mass is 360 g/mol. The number of anilines is 1. The number of benzene rings is 2. The molecule has 0 atom stereocenters. The van der Waals surface area contributed by atoms with Crippen molar-refractivity contribution in [2.75, 3.05) is 12.5 Å². The van der Waals surface area contributed by atoms with Gasteiger partial charge in [0.2, 0.25) is 0 Å². The number of methoxy groups -OCH3 is 1. The van der Waals surface area contributed by atoms with Crippen LogP contribution in [0.3, 0.4) is 0 Å². The fourth-order valence-corrected chi connectivity index (χ4v) is 1.96. The zero-order valence-corrected chi connectivity index (χ0v) is 12.8. The Morgan fingerprint density at radius 2 is 1.80 bits per heavy atom. The maximum Gasteiger partial charge on any atom is 0.418 e. The molecule has 0 saturated heterocycles. The third-order valence-corrected chi connectivity index (χ3v) is 3.03. The minimum atomic E-state index is -4.52. The molecular formula is C16H13F5N2O2. The Kier molecular flexibility index (Phi) is 5.79. The minimum absolute atomic E-state index is 0.0416. The first-order valence-corrected chi connectivity index (χ1v) is 6.89. The summed E-state index contributed by atoms with van der Waals surface area (Å²) < 4.78 is 72.3. The third kappa shape index (κ3) is 5.07. The summed E-state index contributed by atoms with van der Waals surface area (Å²) in [4.78, 5) is 0. The Hall–Kier alpha value is -2.84. The van der Waals surface area contributed by atoms with E-state index < -0.39 is 18.4 Å². The van der Waals surface area contributed by atoms with Crippen LogP contribution < -0.4 is 14.9 Å². The van der Waals surface area contributed by atoms with Crippen LogP contribution in [-0.4, -0.2) is 19.9 Å². The summed E-state index contributed by atoms with van der Waals surface area (Å²) >= 11 is 0. The molecule has 0 aliphatic carbocycles. The molecule has 2 rings (SSSR count). The highest BCUT2D eigenvalue weighted by Crippen LogP contribution is 2.34. The van der Waals surface area contributed by atoms with Crippen LogP contribution in [0.25, 0.3) is 0 Å². The van der Waals surface area contributed by atoms with E-state index in [0.717, 1.165) is 6.07 Å². The molecule has 0 amide bonds. The standard InChI is InChI=1S/C16H13F5N2O2/c1-24-14-8-10(6-7-13(14)25-15(17)18)9-22-23-12-5-3-2-4-11(12)16(19,20)21/h2-9,15,23H,1H3. The zero-order valence-electron chi connectivity index (χ0n) is 12.8. The van der Waals surface area contributed by atoms with E-state index in [2.05, 4.69) is 15.3 Å². The second-order valence-corrected chi connectivity index (χ2v) is 4.70. The highest BCUT2D eigenvalue weighted by molar-refractivity contribution is 5.81. The molecule has 9 heteroatoms. The van der Waals surface area contributed by atoms with Gasteiger partial charge in [0.15, 0.2) is 11.5 Å². The van der Waals surface area contributed by atoms with Crippen LogP contribution in [0, 0.1) is 0 Å². The van der Waals surface area contributed by atoms with E-state index in [0.29, 0.717) is 5.56 Å². The van der Waals surface area contributed by atoms with E-state index in [-0.39, 0.29) is 17.2 Å². The third-order valence-electron chi connectivity index (χ3n) is 3.03. The number of hydrogen-bond acceptors (Lipinski definition) is 4. The second-order valence-electron chi connectivity index (χ2n) is 4.70. The predicted octanol–water partition coefficient (Wildman–Crippen LogP) is 4.76. The van der Waals surface area contributed by atoms with Crippen LogP contribution in [0.5, 0.6) is 11.5 Å². The molecule has 0 aromatic heterocycles. The Bertz CT molecular complexity index is 748. The van der Waals surface area contributed by atoms with Gasteiger partial charge in [-0.15, -0.1) is 0 Å². The summed E-state index contributed by atoms with van der Waals surface area (Å²) in [5.41, 5.74) is 1.65. The summed E-state index contributed by atoms with van der Waals surface area (Å²) in [6.45, 7) is -3.01. The van der Waals surface area contributed by atoms with Gasteiger partial charge in [0.05, 0.1) is 24.6 Å². The average molecular weight is 360 g/mol. The van der Waals surface area contributed by atoms with Crippen molar-refractivity contribution in [1.82, 2.24) is 0 Å². The average Bonchev–Trinajstić information content (AvgIpc) is 2.55. The molecule has 0 spiro atoms. The molecule has 0 radical (unpaired) electrons. The molecule has 0 aliphatic rings. The quantitative estimate of drug-likeness (QED) is 0.459. The van der Waals surface area contributed by atoms with E-state index in [4.69, 9.17) is 4.74 Å². The maximum atomic E-state index is 12.9. The summed E-state index contributed by atoms with van der Waals surface area (Å²) in [7, 11) is 1.27. The van der Waals surface area contributed by atoms with E-state index in [1.165, 1.54) is 49.7 Å². The van der Waals surface area contributed by atoms with E-state index in [1.807, 2.05) is 0 Å². The van der Waals surface area contributed by atoms with Crippen LogP contribution in [-0.2, 0) is 6.18 Å². The molecule has 0 bridgehead atoms. The molecule has 134 valence electrons. The minimum Gasteiger partial charge on any atom is -0.493 e. The molecule has 2 aromatic carbocycles. The zero-order chi connectivity index (χ0) is 18.4. The number of halogens is 5. The molecule has 2 aromatic rings. The van der Waals surface area contributed by atoms with Crippen molar-refractivity contribution in [3.63, 3.8) is 0 Å². The van der Waals surface area contributed by atoms with Crippen molar-refractivity contribution in [1.29, 1.82) is 0 Å². The number of ether oxygens (including phenoxy) is 2. The summed E-state index contributed by atoms with van der Waals surface area (Å²) in [5, 5.41) is 3.73. The lowest BCUT2D eigenvalue weighted by Gasteiger charge is -2.12. The molecular weight excluding hydrogens is 347 g/mol. The number of para-hydroxylation sites is 1. The molecule has 0 unspecified atom stereocenters. The first-order chi connectivity index (χ1) is 11.8. The molecule has 1 N–H and O–H groups in total. The molecule has 25 heavy (non-hydrogen) atoms. The predicted molar refractivity (Wildman–Crippen MR) is 82.3 cm³/mol. The number of alkyl halides is 5. The fourth-order valence-electron chi connectivity index (χ4n) is 1.96. The van der Waals surface area contributed by atoms with Gasteiger partial charge in [-0.3, -0.25) is 5.43 Å². The summed E-state index contributed by atoms with van der Waals surface area (Å²) in [6.07, 6.45) is -3.29. The van der Waals surface area contributed by atoms with Crippen molar-refractivity contribution < 1.29 is 31.4 Å². The van der Waals surface area contributed by atoms with Crippen LogP contribution >= 0.6 is 0 Å². The Morgan fingerprint density at radius 1 is 1.08 bits per heavy atom. The number of hydrogen-bond donors (Lipinski definition) is 1. The lowest BCUT2D eigenvalue weighted by molar-refractivity contribution is -0.137. The van der Waals surface area contributed by atoms with Crippen molar-refractivity contribution >= 4 is 11.9 Å². The van der Waals surface area contributed by atoms with Gasteiger partial charge in [0.25, 0.3) is 0 Å². The van der Waals surface area contributed by atoms with E-state index >= 15 is 0 Å². The molecule has 0 heterocycles. The topological polar surface area (TPSA) is 42.8 Å². The van der Waals surface area contributed by atoms with Gasteiger partial charge in [-0.1, -0.05) is 12.1 Å². The van der Waals surface area contributed by atoms with Gasteiger partial charge < -0.3 is 9.47 Å². The van der Waals surface area contributed by atoms with Gasteiger partial charge in [-0.25, -0.2) is 0 Å². The second kappa shape index (κ2) is 7.82. The molecule has 0 aliphatic heterocycles. The fraction of sp³-hybridized carbons (Fsp3) is 0.188. The highest BCUT2D eigenvalue weighted by atomic mass is 19.4. The van der Waals surface area contributed by atoms with Crippen molar-refractivity contribution in [2.45, 2.75) is 12.8 Å². The van der Waals surface area contributed by atoms with Crippen LogP contribution in [0.15, 0.2) is 47.6 Å². The smallest absolute Gasteiger partial charge is 0.418 e. The molecule has 4 nitrogen and oxygen atoms in total. The van der Waals surface area contributed by atoms with Gasteiger partial charge in [-0.05, 0) is 35.9 Å². The molecule has 0 saturated carbocycles. The van der Waals surface area contributed by atoms with E-state index in [1.54, 1.807) is 0 Å². The first kappa shape index (κ1) is 18.5. The van der Waals surface area contributed by atoms with Crippen LogP contribution in [0.1, 0.15) is 11.1 Å². The number of nitrogens with zero attached hydrogens (tertiary/aromatic N) is 1. The van der Waals surface area contributed by atoms with E-state index in [9.17, 15) is 22.0 Å². The highest BCUT2D eigenvalue weighted by Gasteiger charge is 2.33. The Morgan fingerprint density at radius 3 is 2.44 bits per heavy atom. The Balaban J connectivity index is 2.16. The summed E-state index contributed by atoms with van der Waals surface area (Å²) in [6, 6.07) is 8.88. The van der Waals surface area contributed by atoms with Crippen molar-refractivity contribution in [2.24, 2.45) is 5.10 Å². The molecule has 0 fully saturated rings. The number of rotatable bonds is 6. The van der Waals surface area contributed by atoms with Gasteiger partial charge in [0.1, 0.15) is 0 Å². The normalized spacial score (nSPS) is 11.8. The summed E-state index contributed by atoms with van der Waals surface area (Å²) in [5.74, 6) is -0.120. The first-order valence-electron chi connectivity index (χ1n) is 6.89. The largest absolute Gasteiger partial charge is 0.493 e. The number of hydrazone groups is 1. The van der Waals surface area contributed by atoms with Crippen molar-refractivity contribution in [3.05, 3.63) is 53.6 Å². The lowest BCUT2D eigenvalue weighted by Crippen LogP contribution is -2.08.